The SMILES string of the molecule is CCN(C)C(=O)c1ccc(/C=C2\SC(=O)N(Cc3cccc(C(F)(F)F)c3)C2=O)cc1. The first-order valence-corrected chi connectivity index (χ1v) is 10.2. The zero-order valence-corrected chi connectivity index (χ0v) is 17.6. The molecule has 0 atom stereocenters. The van der Waals surface area contributed by atoms with Gasteiger partial charge < -0.3 is 4.90 Å². The number of amides is 3. The molecule has 0 bridgehead atoms. The molecule has 0 aliphatic carbocycles. The Balaban J connectivity index is 1.76. The second-order valence-electron chi connectivity index (χ2n) is 6.91. The molecule has 0 spiro atoms. The fourth-order valence-electron chi connectivity index (χ4n) is 2.90. The molecule has 31 heavy (non-hydrogen) atoms. The molecule has 0 aromatic heterocycles. The highest BCUT2D eigenvalue weighted by Crippen LogP contribution is 2.34. The first kappa shape index (κ1) is 22.6. The van der Waals surface area contributed by atoms with E-state index in [4.69, 9.17) is 0 Å². The van der Waals surface area contributed by atoms with Crippen LogP contribution in [0.5, 0.6) is 0 Å². The van der Waals surface area contributed by atoms with E-state index in [1.54, 1.807) is 36.2 Å². The van der Waals surface area contributed by atoms with Crippen molar-refractivity contribution in [1.29, 1.82) is 0 Å². The summed E-state index contributed by atoms with van der Waals surface area (Å²) >= 11 is 0.726. The van der Waals surface area contributed by atoms with Gasteiger partial charge in [0.2, 0.25) is 0 Å². The van der Waals surface area contributed by atoms with E-state index in [0.29, 0.717) is 17.7 Å². The molecule has 2 aromatic carbocycles. The highest BCUT2D eigenvalue weighted by atomic mass is 32.2. The molecule has 0 saturated carbocycles. The van der Waals surface area contributed by atoms with Gasteiger partial charge in [0.25, 0.3) is 17.1 Å². The molecule has 2 aromatic rings. The molecule has 1 fully saturated rings. The molecule has 1 aliphatic rings. The monoisotopic (exact) mass is 448 g/mol. The van der Waals surface area contributed by atoms with Crippen LogP contribution in [0, 0.1) is 0 Å². The van der Waals surface area contributed by atoms with E-state index in [1.807, 2.05) is 6.92 Å². The maximum Gasteiger partial charge on any atom is 0.416 e. The number of benzene rings is 2. The van der Waals surface area contributed by atoms with Crippen molar-refractivity contribution in [2.24, 2.45) is 0 Å². The van der Waals surface area contributed by atoms with Crippen molar-refractivity contribution >= 4 is 34.9 Å². The number of thioether (sulfide) groups is 1. The molecule has 0 unspecified atom stereocenters. The Bertz CT molecular complexity index is 1050. The lowest BCUT2D eigenvalue weighted by Gasteiger charge is -2.14. The molecule has 3 amide bonds. The highest BCUT2D eigenvalue weighted by Gasteiger charge is 2.36. The number of alkyl halides is 3. The van der Waals surface area contributed by atoms with E-state index in [2.05, 4.69) is 0 Å². The number of hydrogen-bond donors (Lipinski definition) is 0. The molecule has 1 heterocycles. The highest BCUT2D eigenvalue weighted by molar-refractivity contribution is 8.18. The molecular formula is C22H19F3N2O3S. The Hall–Kier alpha value is -3.07. The number of rotatable bonds is 5. The lowest BCUT2D eigenvalue weighted by Crippen LogP contribution is -2.27. The number of halogens is 3. The van der Waals surface area contributed by atoms with E-state index in [1.165, 1.54) is 18.2 Å². The van der Waals surface area contributed by atoms with Gasteiger partial charge in [-0.25, -0.2) is 0 Å². The van der Waals surface area contributed by atoms with E-state index >= 15 is 0 Å². The number of nitrogens with zero attached hydrogens (tertiary/aromatic N) is 2. The lowest BCUT2D eigenvalue weighted by atomic mass is 10.1. The molecule has 1 saturated heterocycles. The Kier molecular flexibility index (Phi) is 6.54. The normalized spacial score (nSPS) is 15.6. The molecular weight excluding hydrogens is 429 g/mol. The van der Waals surface area contributed by atoms with Crippen molar-refractivity contribution in [3.05, 3.63) is 75.7 Å². The molecule has 0 radical (unpaired) electrons. The minimum absolute atomic E-state index is 0.129. The molecule has 5 nitrogen and oxygen atoms in total. The minimum Gasteiger partial charge on any atom is -0.342 e. The number of imide groups is 1. The van der Waals surface area contributed by atoms with Gasteiger partial charge >= 0.3 is 6.18 Å². The summed E-state index contributed by atoms with van der Waals surface area (Å²) in [5.74, 6) is -0.700. The topological polar surface area (TPSA) is 57.7 Å². The van der Waals surface area contributed by atoms with Crippen LogP contribution in [0.1, 0.15) is 34.0 Å². The summed E-state index contributed by atoms with van der Waals surface area (Å²) in [5, 5.41) is -0.551. The summed E-state index contributed by atoms with van der Waals surface area (Å²) in [6.45, 7) is 2.18. The van der Waals surface area contributed by atoms with Crippen LogP contribution in [0.3, 0.4) is 0 Å². The summed E-state index contributed by atoms with van der Waals surface area (Å²) in [7, 11) is 1.69. The van der Waals surface area contributed by atoms with Crippen molar-refractivity contribution in [2.45, 2.75) is 19.6 Å². The van der Waals surface area contributed by atoms with E-state index < -0.39 is 22.9 Å². The van der Waals surface area contributed by atoms with Gasteiger partial charge in [0.15, 0.2) is 0 Å². The average Bonchev–Trinajstić information content (AvgIpc) is 3.00. The predicted octanol–water partition coefficient (Wildman–Crippen LogP) is 5.03. The molecule has 162 valence electrons. The number of carbonyl (C=O) groups is 3. The summed E-state index contributed by atoms with van der Waals surface area (Å²) in [4.78, 5) is 39.7. The van der Waals surface area contributed by atoms with Crippen molar-refractivity contribution in [3.63, 3.8) is 0 Å². The third-order valence-corrected chi connectivity index (χ3v) is 5.65. The van der Waals surface area contributed by atoms with Gasteiger partial charge in [-0.1, -0.05) is 24.3 Å². The van der Waals surface area contributed by atoms with Crippen LogP contribution >= 0.6 is 11.8 Å². The summed E-state index contributed by atoms with van der Waals surface area (Å²) in [5.41, 5.74) is 0.497. The molecule has 9 heteroatoms. The minimum atomic E-state index is -4.51. The van der Waals surface area contributed by atoms with Crippen LogP contribution in [0.25, 0.3) is 6.08 Å². The van der Waals surface area contributed by atoms with Crippen LogP contribution in [-0.4, -0.2) is 40.4 Å². The summed E-state index contributed by atoms with van der Waals surface area (Å²) in [6.07, 6.45) is -2.98. The Labute approximate surface area is 181 Å². The molecule has 1 aliphatic heterocycles. The van der Waals surface area contributed by atoms with Crippen LogP contribution < -0.4 is 0 Å². The average molecular weight is 448 g/mol. The van der Waals surface area contributed by atoms with E-state index in [-0.39, 0.29) is 22.9 Å². The zero-order valence-electron chi connectivity index (χ0n) is 16.8. The Morgan fingerprint density at radius 2 is 1.81 bits per heavy atom. The van der Waals surface area contributed by atoms with Crippen LogP contribution in [0.2, 0.25) is 0 Å². The maximum atomic E-state index is 12.9. The van der Waals surface area contributed by atoms with Crippen molar-refractivity contribution in [1.82, 2.24) is 9.80 Å². The van der Waals surface area contributed by atoms with Crippen molar-refractivity contribution < 1.29 is 27.6 Å². The van der Waals surface area contributed by atoms with Crippen LogP contribution in [0.4, 0.5) is 18.0 Å². The van der Waals surface area contributed by atoms with Gasteiger partial charge in [-0.15, -0.1) is 0 Å². The number of hydrogen-bond acceptors (Lipinski definition) is 4. The first-order chi connectivity index (χ1) is 14.6. The fourth-order valence-corrected chi connectivity index (χ4v) is 3.74. The van der Waals surface area contributed by atoms with Gasteiger partial charge in [-0.2, -0.15) is 13.2 Å². The first-order valence-electron chi connectivity index (χ1n) is 9.37. The van der Waals surface area contributed by atoms with E-state index in [9.17, 15) is 27.6 Å². The third-order valence-electron chi connectivity index (χ3n) is 4.75. The Morgan fingerprint density at radius 3 is 2.42 bits per heavy atom. The van der Waals surface area contributed by atoms with Crippen LogP contribution in [-0.2, 0) is 17.5 Å². The summed E-state index contributed by atoms with van der Waals surface area (Å²) < 4.78 is 38.7. The van der Waals surface area contributed by atoms with Gasteiger partial charge in [-0.05, 0) is 60.2 Å². The second-order valence-corrected chi connectivity index (χ2v) is 7.90. The summed E-state index contributed by atoms with van der Waals surface area (Å²) in [6, 6.07) is 11.1. The third kappa shape index (κ3) is 5.16. The smallest absolute Gasteiger partial charge is 0.342 e. The van der Waals surface area contributed by atoms with Crippen molar-refractivity contribution in [2.75, 3.05) is 13.6 Å². The van der Waals surface area contributed by atoms with Gasteiger partial charge in [0.1, 0.15) is 0 Å². The van der Waals surface area contributed by atoms with E-state index in [0.717, 1.165) is 28.8 Å². The Morgan fingerprint density at radius 1 is 1.13 bits per heavy atom. The fraction of sp³-hybridized carbons (Fsp3) is 0.227. The quantitative estimate of drug-likeness (QED) is 0.602. The zero-order chi connectivity index (χ0) is 22.8. The largest absolute Gasteiger partial charge is 0.416 e. The second kappa shape index (κ2) is 8.97. The van der Waals surface area contributed by atoms with Gasteiger partial charge in [-0.3, -0.25) is 19.3 Å². The van der Waals surface area contributed by atoms with Crippen LogP contribution in [0.15, 0.2) is 53.4 Å². The lowest BCUT2D eigenvalue weighted by molar-refractivity contribution is -0.137. The van der Waals surface area contributed by atoms with Crippen molar-refractivity contribution in [3.8, 4) is 0 Å². The van der Waals surface area contributed by atoms with Gasteiger partial charge in [0, 0.05) is 19.2 Å². The van der Waals surface area contributed by atoms with Gasteiger partial charge in [0.05, 0.1) is 17.0 Å². The maximum absolute atomic E-state index is 12.9. The molecule has 3 rings (SSSR count). The number of carbonyl (C=O) groups excluding carboxylic acids is 3. The molecule has 0 N–H and O–H groups in total. The standard InChI is InChI=1S/C22H19F3N2O3S/c1-3-26(2)19(28)16-9-7-14(8-10-16)12-18-20(29)27(21(30)31-18)13-15-5-4-6-17(11-15)22(23,24)25/h4-12H,3,13H2,1-2H3/b18-12-. The predicted molar refractivity (Wildman–Crippen MR) is 112 cm³/mol.